The number of likely N-dealkylation sites (N-methyl/N-ethyl adjacent to an activating group) is 1. The molecular formula is C31H47N3O5. The Bertz CT molecular complexity index is 1020. The maximum absolute atomic E-state index is 12.3. The molecule has 2 atom stereocenters. The Hall–Kier alpha value is -2.78. The highest BCUT2D eigenvalue weighted by Gasteiger charge is 2.28. The number of rotatable bonds is 11. The van der Waals surface area contributed by atoms with Crippen LogP contribution in [-0.4, -0.2) is 85.1 Å². The topological polar surface area (TPSA) is 111 Å². The number of nitrogens with one attached hydrogen (secondary N) is 2. The number of hydrogen-bond donors (Lipinski definition) is 4. The van der Waals surface area contributed by atoms with E-state index in [1.807, 2.05) is 19.0 Å². The molecule has 1 saturated heterocycles. The smallest absolute Gasteiger partial charge is 0.245 e. The van der Waals surface area contributed by atoms with Crippen LogP contribution < -0.4 is 10.6 Å². The number of amides is 2. The van der Waals surface area contributed by atoms with E-state index in [-0.39, 0.29) is 11.8 Å². The molecule has 0 radical (unpaired) electrons. The second-order valence-electron chi connectivity index (χ2n) is 11.1. The Balaban J connectivity index is 0.000000568. The molecule has 4 N–H and O–H groups in total. The summed E-state index contributed by atoms with van der Waals surface area (Å²) in [6.45, 7) is 7.69. The van der Waals surface area contributed by atoms with Crippen molar-refractivity contribution >= 4 is 11.8 Å². The van der Waals surface area contributed by atoms with E-state index in [1.54, 1.807) is 13.8 Å². The first-order chi connectivity index (χ1) is 18.5. The van der Waals surface area contributed by atoms with Gasteiger partial charge in [0.05, 0.1) is 25.4 Å². The fourth-order valence-corrected chi connectivity index (χ4v) is 4.18. The van der Waals surface area contributed by atoms with Crippen LogP contribution in [-0.2, 0) is 27.2 Å². The minimum Gasteiger partial charge on any atom is -0.391 e. The molecule has 0 aromatic heterocycles. The molecule has 39 heavy (non-hydrogen) atoms. The van der Waals surface area contributed by atoms with Crippen molar-refractivity contribution in [1.82, 2.24) is 15.5 Å². The van der Waals surface area contributed by atoms with Crippen LogP contribution in [0.5, 0.6) is 0 Å². The lowest BCUT2D eigenvalue weighted by Gasteiger charge is -2.25. The van der Waals surface area contributed by atoms with Crippen molar-refractivity contribution in [3.63, 3.8) is 0 Å². The zero-order chi connectivity index (χ0) is 28.8. The van der Waals surface area contributed by atoms with E-state index in [0.717, 1.165) is 25.8 Å². The predicted octanol–water partition coefficient (Wildman–Crippen LogP) is 2.61. The minimum absolute atomic E-state index is 0.0936. The summed E-state index contributed by atoms with van der Waals surface area (Å²) in [5, 5.41) is 23.3. The van der Waals surface area contributed by atoms with Gasteiger partial charge in [0.1, 0.15) is 5.54 Å². The standard InChI is InChI=1S/C26H37N3O2.C5H10O3/c1-20-9-6-7-11-23(20)19-22-15-13-21(14-16-22)10-8-12-24(30)28-26(2,3)25(31)27-17-18-29(4)5;6-4-1-5(7)3-8-2-4/h6-7,9,11,13-16H,8,10,12,17-19H2,1-5H3,(H,27,31)(H,28,30);4-7H,1-3H2. The fourth-order valence-electron chi connectivity index (χ4n) is 4.18. The monoisotopic (exact) mass is 541 g/mol. The van der Waals surface area contributed by atoms with Crippen molar-refractivity contribution < 1.29 is 24.5 Å². The summed E-state index contributed by atoms with van der Waals surface area (Å²) in [6.07, 6.45) is 2.47. The number of aryl methyl sites for hydroxylation is 2. The number of hydrogen-bond acceptors (Lipinski definition) is 6. The molecule has 216 valence electrons. The quantitative estimate of drug-likeness (QED) is 0.348. The summed E-state index contributed by atoms with van der Waals surface area (Å²) in [5.74, 6) is -0.254. The van der Waals surface area contributed by atoms with E-state index < -0.39 is 17.7 Å². The van der Waals surface area contributed by atoms with Gasteiger partial charge in [0, 0.05) is 25.9 Å². The summed E-state index contributed by atoms with van der Waals surface area (Å²) < 4.78 is 4.79. The summed E-state index contributed by atoms with van der Waals surface area (Å²) in [4.78, 5) is 26.6. The van der Waals surface area contributed by atoms with Gasteiger partial charge in [-0.15, -0.1) is 0 Å². The number of aliphatic hydroxyl groups is 2. The van der Waals surface area contributed by atoms with Crippen LogP contribution in [0.3, 0.4) is 0 Å². The van der Waals surface area contributed by atoms with Crippen molar-refractivity contribution in [3.8, 4) is 0 Å². The first-order valence-electron chi connectivity index (χ1n) is 13.8. The third-order valence-corrected chi connectivity index (χ3v) is 6.58. The molecular weight excluding hydrogens is 494 g/mol. The number of ether oxygens (including phenoxy) is 1. The number of nitrogens with zero attached hydrogens (tertiary/aromatic N) is 1. The number of carbonyl (C=O) groups excluding carboxylic acids is 2. The molecule has 2 aromatic rings. The molecule has 0 bridgehead atoms. The first kappa shape index (κ1) is 32.4. The third kappa shape index (κ3) is 12.7. The molecule has 8 heteroatoms. The molecule has 1 aliphatic rings. The van der Waals surface area contributed by atoms with Crippen molar-refractivity contribution in [2.24, 2.45) is 0 Å². The molecule has 2 unspecified atom stereocenters. The van der Waals surface area contributed by atoms with Crippen LogP contribution in [0, 0.1) is 6.92 Å². The van der Waals surface area contributed by atoms with Gasteiger partial charge in [0.15, 0.2) is 0 Å². The van der Waals surface area contributed by atoms with E-state index in [0.29, 0.717) is 32.6 Å². The van der Waals surface area contributed by atoms with Crippen molar-refractivity contribution in [2.75, 3.05) is 40.4 Å². The third-order valence-electron chi connectivity index (χ3n) is 6.58. The Labute approximate surface area is 233 Å². The number of benzene rings is 2. The SMILES string of the molecule is Cc1ccccc1Cc1ccc(CCCC(=O)NC(C)(C)C(=O)NCCN(C)C)cc1.OC1COCC(O)C1. The Morgan fingerprint density at radius 3 is 2.18 bits per heavy atom. The average molecular weight is 542 g/mol. The highest BCUT2D eigenvalue weighted by Crippen LogP contribution is 2.15. The Morgan fingerprint density at radius 1 is 1.00 bits per heavy atom. The molecule has 1 aliphatic heterocycles. The summed E-state index contributed by atoms with van der Waals surface area (Å²) in [6, 6.07) is 17.1. The molecule has 0 saturated carbocycles. The average Bonchev–Trinajstić information content (AvgIpc) is 2.86. The van der Waals surface area contributed by atoms with Crippen LogP contribution in [0.2, 0.25) is 0 Å². The lowest BCUT2D eigenvalue weighted by molar-refractivity contribution is -0.132. The predicted molar refractivity (Wildman–Crippen MR) is 155 cm³/mol. The minimum atomic E-state index is -0.916. The van der Waals surface area contributed by atoms with Gasteiger partial charge in [0.2, 0.25) is 11.8 Å². The van der Waals surface area contributed by atoms with E-state index in [2.05, 4.69) is 66.1 Å². The Morgan fingerprint density at radius 2 is 1.62 bits per heavy atom. The molecule has 1 fully saturated rings. The summed E-state index contributed by atoms with van der Waals surface area (Å²) in [5.41, 5.74) is 4.26. The fraction of sp³-hybridized carbons (Fsp3) is 0.548. The van der Waals surface area contributed by atoms with Crippen LogP contribution in [0.1, 0.15) is 55.4 Å². The van der Waals surface area contributed by atoms with Gasteiger partial charge in [0.25, 0.3) is 0 Å². The largest absolute Gasteiger partial charge is 0.391 e. The van der Waals surface area contributed by atoms with Crippen molar-refractivity contribution in [1.29, 1.82) is 0 Å². The van der Waals surface area contributed by atoms with Crippen LogP contribution in [0.4, 0.5) is 0 Å². The number of aliphatic hydroxyl groups excluding tert-OH is 2. The lowest BCUT2D eigenvalue weighted by Crippen LogP contribution is -2.55. The first-order valence-corrected chi connectivity index (χ1v) is 13.8. The zero-order valence-electron chi connectivity index (χ0n) is 24.2. The molecule has 1 heterocycles. The van der Waals surface area contributed by atoms with E-state index in [9.17, 15) is 9.59 Å². The van der Waals surface area contributed by atoms with Gasteiger partial charge >= 0.3 is 0 Å². The maximum atomic E-state index is 12.3. The van der Waals surface area contributed by atoms with Crippen molar-refractivity contribution in [3.05, 3.63) is 70.8 Å². The van der Waals surface area contributed by atoms with Gasteiger partial charge in [-0.2, -0.15) is 0 Å². The van der Waals surface area contributed by atoms with Gasteiger partial charge in [-0.25, -0.2) is 0 Å². The van der Waals surface area contributed by atoms with E-state index in [4.69, 9.17) is 14.9 Å². The second kappa shape index (κ2) is 16.4. The molecule has 2 aromatic carbocycles. The highest BCUT2D eigenvalue weighted by molar-refractivity contribution is 5.90. The lowest BCUT2D eigenvalue weighted by atomic mass is 9.98. The van der Waals surface area contributed by atoms with Gasteiger partial charge in [-0.05, 0) is 76.4 Å². The molecule has 2 amide bonds. The molecule has 3 rings (SSSR count). The second-order valence-corrected chi connectivity index (χ2v) is 11.1. The van der Waals surface area contributed by atoms with E-state index in [1.165, 1.54) is 22.3 Å². The van der Waals surface area contributed by atoms with Gasteiger partial charge < -0.3 is 30.5 Å². The Kier molecular flexibility index (Phi) is 13.6. The zero-order valence-corrected chi connectivity index (χ0v) is 24.2. The summed E-state index contributed by atoms with van der Waals surface area (Å²) >= 11 is 0. The van der Waals surface area contributed by atoms with Gasteiger partial charge in [-0.3, -0.25) is 9.59 Å². The number of carbonyl (C=O) groups is 2. The van der Waals surface area contributed by atoms with E-state index >= 15 is 0 Å². The summed E-state index contributed by atoms with van der Waals surface area (Å²) in [7, 11) is 3.91. The van der Waals surface area contributed by atoms with Crippen LogP contribution in [0.25, 0.3) is 0 Å². The van der Waals surface area contributed by atoms with Crippen LogP contribution >= 0.6 is 0 Å². The molecule has 0 aliphatic carbocycles. The normalized spacial score (nSPS) is 17.2. The maximum Gasteiger partial charge on any atom is 0.245 e. The molecule has 8 nitrogen and oxygen atoms in total. The molecule has 0 spiro atoms. The highest BCUT2D eigenvalue weighted by atomic mass is 16.5. The van der Waals surface area contributed by atoms with Crippen molar-refractivity contribution in [2.45, 2.75) is 70.6 Å². The van der Waals surface area contributed by atoms with Crippen LogP contribution in [0.15, 0.2) is 48.5 Å². The van der Waals surface area contributed by atoms with Gasteiger partial charge in [-0.1, -0.05) is 48.5 Å².